The van der Waals surface area contributed by atoms with Crippen molar-refractivity contribution in [1.82, 2.24) is 14.8 Å². The SMILES string of the molecule is Cc1[nH]c2ccc(Br)cc2c(=O)c1CN1CCN(Cc2ccc3c(c2)OCO3)CC1. The molecule has 2 aromatic carbocycles. The topological polar surface area (TPSA) is 57.8 Å². The molecule has 156 valence electrons. The van der Waals surface area contributed by atoms with Crippen LogP contribution >= 0.6 is 15.9 Å². The summed E-state index contributed by atoms with van der Waals surface area (Å²) < 4.78 is 11.8. The van der Waals surface area contributed by atoms with Crippen LogP contribution in [0.2, 0.25) is 0 Å². The molecule has 30 heavy (non-hydrogen) atoms. The fourth-order valence-corrected chi connectivity index (χ4v) is 4.60. The molecule has 0 aliphatic carbocycles. The summed E-state index contributed by atoms with van der Waals surface area (Å²) in [5, 5.41) is 0.742. The molecule has 1 N–H and O–H groups in total. The summed E-state index contributed by atoms with van der Waals surface area (Å²) in [5.41, 5.74) is 4.07. The molecule has 6 nitrogen and oxygen atoms in total. The van der Waals surface area contributed by atoms with Crippen LogP contribution < -0.4 is 14.9 Å². The van der Waals surface area contributed by atoms with Gasteiger partial charge in [-0.2, -0.15) is 0 Å². The smallest absolute Gasteiger partial charge is 0.231 e. The van der Waals surface area contributed by atoms with Crippen LogP contribution in [0.5, 0.6) is 11.5 Å². The van der Waals surface area contributed by atoms with E-state index in [9.17, 15) is 4.79 Å². The number of aromatic amines is 1. The van der Waals surface area contributed by atoms with Crippen molar-refractivity contribution in [3.05, 3.63) is 67.9 Å². The van der Waals surface area contributed by atoms with E-state index in [2.05, 4.69) is 42.8 Å². The Kier molecular flexibility index (Phi) is 5.26. The zero-order chi connectivity index (χ0) is 20.7. The molecule has 0 radical (unpaired) electrons. The van der Waals surface area contributed by atoms with Crippen LogP contribution in [0.3, 0.4) is 0 Å². The van der Waals surface area contributed by atoms with Crippen molar-refractivity contribution in [3.63, 3.8) is 0 Å². The summed E-state index contributed by atoms with van der Waals surface area (Å²) in [4.78, 5) is 21.3. The predicted molar refractivity (Wildman–Crippen MR) is 120 cm³/mol. The molecule has 7 heteroatoms. The molecule has 1 saturated heterocycles. The predicted octanol–water partition coefficient (Wildman–Crippen LogP) is 3.65. The van der Waals surface area contributed by atoms with Crippen LogP contribution in [0, 0.1) is 6.92 Å². The van der Waals surface area contributed by atoms with Gasteiger partial charge in [0.1, 0.15) is 0 Å². The highest BCUT2D eigenvalue weighted by Crippen LogP contribution is 2.32. The molecule has 0 saturated carbocycles. The number of rotatable bonds is 4. The van der Waals surface area contributed by atoms with Gasteiger partial charge < -0.3 is 14.5 Å². The van der Waals surface area contributed by atoms with Crippen molar-refractivity contribution < 1.29 is 9.47 Å². The minimum Gasteiger partial charge on any atom is -0.454 e. The van der Waals surface area contributed by atoms with Gasteiger partial charge in [-0.3, -0.25) is 14.6 Å². The van der Waals surface area contributed by atoms with E-state index >= 15 is 0 Å². The minimum absolute atomic E-state index is 0.130. The zero-order valence-corrected chi connectivity index (χ0v) is 18.5. The highest BCUT2D eigenvalue weighted by Gasteiger charge is 2.21. The number of H-pyrrole nitrogens is 1. The quantitative estimate of drug-likeness (QED) is 0.631. The second-order valence-corrected chi connectivity index (χ2v) is 8.90. The number of hydrogen-bond acceptors (Lipinski definition) is 5. The first kappa shape index (κ1) is 19.6. The Labute approximate surface area is 183 Å². The second-order valence-electron chi connectivity index (χ2n) is 7.99. The highest BCUT2D eigenvalue weighted by atomic mass is 79.9. The fourth-order valence-electron chi connectivity index (χ4n) is 4.24. The average molecular weight is 470 g/mol. The summed E-state index contributed by atoms with van der Waals surface area (Å²) in [6, 6.07) is 12.0. The van der Waals surface area contributed by atoms with Crippen molar-refractivity contribution >= 4 is 26.8 Å². The third kappa shape index (κ3) is 3.85. The van der Waals surface area contributed by atoms with E-state index in [4.69, 9.17) is 9.47 Å². The first-order valence-electron chi connectivity index (χ1n) is 10.2. The van der Waals surface area contributed by atoms with Gasteiger partial charge in [-0.25, -0.2) is 0 Å². The van der Waals surface area contributed by atoms with Crippen molar-refractivity contribution in [3.8, 4) is 11.5 Å². The summed E-state index contributed by atoms with van der Waals surface area (Å²) in [6.07, 6.45) is 0. The Morgan fingerprint density at radius 3 is 2.50 bits per heavy atom. The monoisotopic (exact) mass is 469 g/mol. The number of ether oxygens (including phenoxy) is 2. The molecule has 0 spiro atoms. The lowest BCUT2D eigenvalue weighted by molar-refractivity contribution is 0.121. The molecular formula is C23H24BrN3O3. The van der Waals surface area contributed by atoms with E-state index in [1.165, 1.54) is 5.56 Å². The maximum atomic E-state index is 13.1. The molecule has 3 heterocycles. The van der Waals surface area contributed by atoms with E-state index < -0.39 is 0 Å². The van der Waals surface area contributed by atoms with E-state index in [1.807, 2.05) is 31.2 Å². The molecule has 1 fully saturated rings. The standard InChI is InChI=1S/C23H24BrN3O3/c1-15-19(23(28)18-11-17(24)3-4-20(18)25-15)13-27-8-6-26(7-9-27)12-16-2-5-21-22(10-16)30-14-29-21/h2-5,10-11H,6-9,12-14H2,1H3,(H,25,28). The molecule has 0 unspecified atom stereocenters. The van der Waals surface area contributed by atoms with E-state index in [-0.39, 0.29) is 5.43 Å². The van der Waals surface area contributed by atoms with Crippen molar-refractivity contribution in [2.75, 3.05) is 33.0 Å². The number of nitrogens with zero attached hydrogens (tertiary/aromatic N) is 2. The highest BCUT2D eigenvalue weighted by molar-refractivity contribution is 9.10. The number of halogens is 1. The number of fused-ring (bicyclic) bond motifs is 2. The normalized spacial score (nSPS) is 17.0. The molecule has 5 rings (SSSR count). The summed E-state index contributed by atoms with van der Waals surface area (Å²) in [7, 11) is 0. The number of aromatic nitrogens is 1. The van der Waals surface area contributed by atoms with Crippen LogP contribution in [0.4, 0.5) is 0 Å². The molecule has 0 amide bonds. The molecule has 2 aliphatic heterocycles. The van der Waals surface area contributed by atoms with Crippen LogP contribution in [0.25, 0.3) is 10.9 Å². The molecule has 3 aromatic rings. The maximum Gasteiger partial charge on any atom is 0.231 e. The Hall–Kier alpha value is -2.35. The molecule has 2 aliphatic rings. The molecule has 1 aromatic heterocycles. The van der Waals surface area contributed by atoms with Gasteiger partial charge in [0, 0.05) is 65.9 Å². The second kappa shape index (κ2) is 8.06. The van der Waals surface area contributed by atoms with Crippen molar-refractivity contribution in [2.45, 2.75) is 20.0 Å². The van der Waals surface area contributed by atoms with Gasteiger partial charge in [0.05, 0.1) is 0 Å². The minimum atomic E-state index is 0.130. The summed E-state index contributed by atoms with van der Waals surface area (Å²) in [5.74, 6) is 1.66. The van der Waals surface area contributed by atoms with Gasteiger partial charge in [-0.1, -0.05) is 22.0 Å². The Morgan fingerprint density at radius 2 is 1.70 bits per heavy atom. The van der Waals surface area contributed by atoms with Gasteiger partial charge >= 0.3 is 0 Å². The number of aryl methyl sites for hydroxylation is 1. The number of benzene rings is 2. The van der Waals surface area contributed by atoms with E-state index in [0.29, 0.717) is 13.3 Å². The van der Waals surface area contributed by atoms with Gasteiger partial charge in [0.15, 0.2) is 16.9 Å². The maximum absolute atomic E-state index is 13.1. The number of piperazine rings is 1. The van der Waals surface area contributed by atoms with Crippen LogP contribution in [0.1, 0.15) is 16.8 Å². The largest absolute Gasteiger partial charge is 0.454 e. The van der Waals surface area contributed by atoms with Crippen LogP contribution in [0.15, 0.2) is 45.7 Å². The lowest BCUT2D eigenvalue weighted by atomic mass is 10.1. The van der Waals surface area contributed by atoms with Gasteiger partial charge in [-0.05, 0) is 42.8 Å². The first-order valence-corrected chi connectivity index (χ1v) is 11.0. The van der Waals surface area contributed by atoms with E-state index in [1.54, 1.807) is 0 Å². The first-order chi connectivity index (χ1) is 14.6. The van der Waals surface area contributed by atoms with Gasteiger partial charge in [-0.15, -0.1) is 0 Å². The van der Waals surface area contributed by atoms with Crippen molar-refractivity contribution in [2.24, 2.45) is 0 Å². The Morgan fingerprint density at radius 1 is 0.967 bits per heavy atom. The van der Waals surface area contributed by atoms with Gasteiger partial charge in [0.25, 0.3) is 0 Å². The lowest BCUT2D eigenvalue weighted by Gasteiger charge is -2.34. The average Bonchev–Trinajstić information content (AvgIpc) is 3.21. The number of nitrogens with one attached hydrogen (secondary N) is 1. The summed E-state index contributed by atoms with van der Waals surface area (Å²) >= 11 is 3.47. The lowest BCUT2D eigenvalue weighted by Crippen LogP contribution is -2.46. The fraction of sp³-hybridized carbons (Fsp3) is 0.348. The summed E-state index contributed by atoms with van der Waals surface area (Å²) in [6.45, 7) is 7.72. The van der Waals surface area contributed by atoms with E-state index in [0.717, 1.165) is 70.9 Å². The molecule has 0 bridgehead atoms. The van der Waals surface area contributed by atoms with Crippen LogP contribution in [-0.2, 0) is 13.1 Å². The van der Waals surface area contributed by atoms with Gasteiger partial charge in [0.2, 0.25) is 6.79 Å². The third-order valence-corrected chi connectivity index (χ3v) is 6.46. The third-order valence-electron chi connectivity index (χ3n) is 5.96. The Bertz CT molecular complexity index is 1150. The number of pyridine rings is 1. The Balaban J connectivity index is 1.25. The number of hydrogen-bond donors (Lipinski definition) is 1. The molecule has 0 atom stereocenters. The molecular weight excluding hydrogens is 446 g/mol. The van der Waals surface area contributed by atoms with Crippen LogP contribution in [-0.4, -0.2) is 47.8 Å². The zero-order valence-electron chi connectivity index (χ0n) is 16.9. The van der Waals surface area contributed by atoms with Crippen molar-refractivity contribution in [1.29, 1.82) is 0 Å².